The third kappa shape index (κ3) is 3.21. The van der Waals surface area contributed by atoms with Gasteiger partial charge >= 0.3 is 0 Å². The average molecular weight is 435 g/mol. The van der Waals surface area contributed by atoms with Gasteiger partial charge in [0.25, 0.3) is 0 Å². The van der Waals surface area contributed by atoms with Gasteiger partial charge in [0.1, 0.15) is 0 Å². The Balaban J connectivity index is 1.61. The Morgan fingerprint density at radius 2 is 0.625 bits per heavy atom. The Kier molecular flexibility index (Phi) is 6.26. The molecule has 178 valence electrons. The van der Waals surface area contributed by atoms with Crippen molar-refractivity contribution in [2.24, 2.45) is 59.2 Å². The van der Waals surface area contributed by atoms with E-state index in [-0.39, 0.29) is 0 Å². The maximum absolute atomic E-state index is 2.58. The molecule has 0 nitrogen and oxygen atoms in total. The molecule has 0 heterocycles. The van der Waals surface area contributed by atoms with Crippen molar-refractivity contribution in [1.82, 2.24) is 0 Å². The van der Waals surface area contributed by atoms with Gasteiger partial charge in [0.2, 0.25) is 0 Å². The average Bonchev–Trinajstić information content (AvgIpc) is 3.16. The fraction of sp³-hybridized carbons (Fsp3) is 0.750. The van der Waals surface area contributed by atoms with Gasteiger partial charge in [0.05, 0.1) is 0 Å². The minimum atomic E-state index is 0.776. The lowest BCUT2D eigenvalue weighted by Crippen LogP contribution is -2.27. The van der Waals surface area contributed by atoms with E-state index in [4.69, 9.17) is 0 Å². The summed E-state index contributed by atoms with van der Waals surface area (Å²) in [7, 11) is 0. The van der Waals surface area contributed by atoms with Gasteiger partial charge in [-0.2, -0.15) is 0 Å². The normalized spacial score (nSPS) is 44.6. The van der Waals surface area contributed by atoms with Crippen molar-refractivity contribution in [3.63, 3.8) is 0 Å². The molecule has 4 aliphatic rings. The zero-order valence-electron chi connectivity index (χ0n) is 23.2. The van der Waals surface area contributed by atoms with Gasteiger partial charge in [-0.1, -0.05) is 50.0 Å². The molecule has 32 heavy (non-hydrogen) atoms. The molecule has 0 N–H and O–H groups in total. The van der Waals surface area contributed by atoms with E-state index in [0.717, 1.165) is 59.2 Å². The molecule has 0 amide bonds. The lowest BCUT2D eigenvalue weighted by atomic mass is 9.68. The van der Waals surface area contributed by atoms with E-state index >= 15 is 0 Å². The van der Waals surface area contributed by atoms with Crippen LogP contribution >= 0.6 is 0 Å². The van der Waals surface area contributed by atoms with Crippen LogP contribution in [0.15, 0.2) is 44.6 Å². The van der Waals surface area contributed by atoms with Crippen LogP contribution in [0.3, 0.4) is 0 Å². The molecule has 0 aromatic carbocycles. The first-order valence-corrected chi connectivity index (χ1v) is 13.6. The Hall–Kier alpha value is -1.04. The molecule has 0 aromatic heterocycles. The fourth-order valence-corrected chi connectivity index (χ4v) is 9.24. The van der Waals surface area contributed by atoms with Gasteiger partial charge in [-0.15, -0.1) is 0 Å². The van der Waals surface area contributed by atoms with E-state index < -0.39 is 0 Å². The summed E-state index contributed by atoms with van der Waals surface area (Å²) in [5, 5.41) is 0. The van der Waals surface area contributed by atoms with Gasteiger partial charge in [0.15, 0.2) is 0 Å². The summed E-state index contributed by atoms with van der Waals surface area (Å²) < 4.78 is 0. The van der Waals surface area contributed by atoms with Gasteiger partial charge in [-0.05, 0) is 150 Å². The molecule has 0 aromatic rings. The first-order valence-electron chi connectivity index (χ1n) is 13.6. The second kappa shape index (κ2) is 8.32. The van der Waals surface area contributed by atoms with Crippen LogP contribution in [0.25, 0.3) is 0 Å². The zero-order chi connectivity index (χ0) is 23.8. The zero-order valence-corrected chi connectivity index (χ0v) is 23.2. The molecule has 0 saturated heterocycles. The lowest BCUT2D eigenvalue weighted by Gasteiger charge is -2.37. The van der Waals surface area contributed by atoms with Gasteiger partial charge < -0.3 is 0 Å². The number of hydrogen-bond acceptors (Lipinski definition) is 0. The molecule has 0 bridgehead atoms. The monoisotopic (exact) mass is 434 g/mol. The van der Waals surface area contributed by atoms with Crippen molar-refractivity contribution in [2.45, 2.75) is 95.9 Å². The first-order chi connectivity index (χ1) is 14.9. The number of fused-ring (bicyclic) bond motifs is 2. The quantitative estimate of drug-likeness (QED) is 0.415. The fourth-order valence-electron chi connectivity index (χ4n) is 9.24. The van der Waals surface area contributed by atoms with Crippen LogP contribution in [0.5, 0.6) is 0 Å². The smallest absolute Gasteiger partial charge is 0.0101 e. The minimum Gasteiger partial charge on any atom is -0.0661 e. The molecule has 2 saturated carbocycles. The Labute approximate surface area is 199 Å². The van der Waals surface area contributed by atoms with Gasteiger partial charge in [0, 0.05) is 0 Å². The third-order valence-corrected chi connectivity index (χ3v) is 12.2. The Morgan fingerprint density at radius 3 is 0.906 bits per heavy atom. The maximum Gasteiger partial charge on any atom is -0.0101 e. The van der Waals surface area contributed by atoms with Crippen LogP contribution in [0.2, 0.25) is 0 Å². The highest BCUT2D eigenvalue weighted by molar-refractivity contribution is 5.45. The highest BCUT2D eigenvalue weighted by atomic mass is 14.6. The summed E-state index contributed by atoms with van der Waals surface area (Å²) in [6.45, 7) is 29.6. The summed E-state index contributed by atoms with van der Waals surface area (Å²) in [6, 6.07) is 0. The summed E-state index contributed by atoms with van der Waals surface area (Å²) in [6.07, 6.45) is 2.84. The van der Waals surface area contributed by atoms with Gasteiger partial charge in [-0.25, -0.2) is 0 Å². The Bertz CT molecular complexity index is 842. The van der Waals surface area contributed by atoms with Crippen molar-refractivity contribution < 1.29 is 0 Å². The second-order valence-electron chi connectivity index (χ2n) is 12.7. The predicted molar refractivity (Wildman–Crippen MR) is 140 cm³/mol. The van der Waals surface area contributed by atoms with E-state index in [1.165, 1.54) is 12.8 Å². The van der Waals surface area contributed by atoms with E-state index in [0.29, 0.717) is 0 Å². The van der Waals surface area contributed by atoms with Crippen LogP contribution < -0.4 is 0 Å². The lowest BCUT2D eigenvalue weighted by molar-refractivity contribution is 0.237. The van der Waals surface area contributed by atoms with E-state index in [1.807, 2.05) is 0 Å². The standard InChI is InChI=1S/C32H50/c1-15-17(3)23(9)31-27(19(5)25(11)29(31)21(15)7)13-14-28-20(6)26(12)30-22(8)16(2)18(4)24(10)32(28)30/h19-20,25-32H,13-14H2,1-12H3. The van der Waals surface area contributed by atoms with Crippen molar-refractivity contribution in [1.29, 1.82) is 0 Å². The first kappa shape index (κ1) is 24.1. The summed E-state index contributed by atoms with van der Waals surface area (Å²) in [5.41, 5.74) is 13.2. The molecule has 0 heteroatoms. The number of hydrogen-bond donors (Lipinski definition) is 0. The molecule has 4 aliphatic carbocycles. The molecular formula is C32H50. The van der Waals surface area contributed by atoms with Crippen LogP contribution in [-0.2, 0) is 0 Å². The second-order valence-corrected chi connectivity index (χ2v) is 12.7. The molecular weight excluding hydrogens is 384 g/mol. The molecule has 0 aliphatic heterocycles. The van der Waals surface area contributed by atoms with Crippen LogP contribution in [0, 0.1) is 59.2 Å². The van der Waals surface area contributed by atoms with Crippen molar-refractivity contribution >= 4 is 0 Å². The molecule has 0 spiro atoms. The minimum absolute atomic E-state index is 0.776. The summed E-state index contributed by atoms with van der Waals surface area (Å²) >= 11 is 0. The summed E-state index contributed by atoms with van der Waals surface area (Å²) in [5.74, 6) is 8.08. The molecule has 10 atom stereocenters. The SMILES string of the molecule is CC1=C(C)C2C(C)C(C)C(CCC3C(C)C(C)C4C(C)=C(C)C(C)=C(C)C34)C2C(C)=C1C. The van der Waals surface area contributed by atoms with Crippen molar-refractivity contribution in [3.8, 4) is 0 Å². The number of rotatable bonds is 3. The van der Waals surface area contributed by atoms with Crippen molar-refractivity contribution in [3.05, 3.63) is 44.6 Å². The highest BCUT2D eigenvalue weighted by Crippen LogP contribution is 2.60. The van der Waals surface area contributed by atoms with Crippen LogP contribution in [0.4, 0.5) is 0 Å². The topological polar surface area (TPSA) is 0 Å². The number of allylic oxidation sites excluding steroid dienone is 8. The van der Waals surface area contributed by atoms with E-state index in [9.17, 15) is 0 Å². The molecule has 10 unspecified atom stereocenters. The van der Waals surface area contributed by atoms with E-state index in [2.05, 4.69) is 83.1 Å². The molecule has 4 rings (SSSR count). The highest BCUT2D eigenvalue weighted by Gasteiger charge is 2.52. The van der Waals surface area contributed by atoms with E-state index in [1.54, 1.807) is 44.6 Å². The predicted octanol–water partition coefficient (Wildman–Crippen LogP) is 9.41. The molecule has 0 radical (unpaired) electrons. The van der Waals surface area contributed by atoms with Crippen LogP contribution in [0.1, 0.15) is 95.9 Å². The Morgan fingerprint density at radius 1 is 0.375 bits per heavy atom. The third-order valence-electron chi connectivity index (χ3n) is 12.2. The van der Waals surface area contributed by atoms with Gasteiger partial charge in [-0.3, -0.25) is 0 Å². The molecule has 2 fully saturated rings. The van der Waals surface area contributed by atoms with Crippen LogP contribution in [-0.4, -0.2) is 0 Å². The largest absolute Gasteiger partial charge is 0.0661 e. The van der Waals surface area contributed by atoms with Crippen molar-refractivity contribution in [2.75, 3.05) is 0 Å². The summed E-state index contributed by atoms with van der Waals surface area (Å²) in [4.78, 5) is 0. The maximum atomic E-state index is 2.58.